The summed E-state index contributed by atoms with van der Waals surface area (Å²) in [6.45, 7) is 17.2. The highest BCUT2D eigenvalue weighted by molar-refractivity contribution is 6.01. The summed E-state index contributed by atoms with van der Waals surface area (Å²) in [7, 11) is 1.74. The van der Waals surface area contributed by atoms with Crippen LogP contribution in [0.1, 0.15) is 87.5 Å². The summed E-state index contributed by atoms with van der Waals surface area (Å²) in [4.78, 5) is 63.9. The van der Waals surface area contributed by atoms with Crippen LogP contribution in [0.3, 0.4) is 0 Å². The minimum Gasteiger partial charge on any atom is -0.342 e. The number of carbonyl (C=O) groups is 4. The summed E-state index contributed by atoms with van der Waals surface area (Å²) in [6.07, 6.45) is 9.22. The van der Waals surface area contributed by atoms with Crippen LogP contribution in [0, 0.1) is 11.3 Å². The molecule has 3 heterocycles. The second kappa shape index (κ2) is 15.1. The van der Waals surface area contributed by atoms with Crippen molar-refractivity contribution in [1.82, 2.24) is 25.0 Å². The lowest BCUT2D eigenvalue weighted by Gasteiger charge is -2.41. The minimum absolute atomic E-state index is 0.00200. The van der Waals surface area contributed by atoms with E-state index in [1.807, 2.05) is 40.7 Å². The van der Waals surface area contributed by atoms with Gasteiger partial charge < -0.3 is 20.4 Å². The van der Waals surface area contributed by atoms with Crippen molar-refractivity contribution in [2.75, 3.05) is 25.5 Å². The van der Waals surface area contributed by atoms with E-state index in [0.29, 0.717) is 24.2 Å². The van der Waals surface area contributed by atoms with E-state index < -0.39 is 17.5 Å². The molecule has 44 heavy (non-hydrogen) atoms. The van der Waals surface area contributed by atoms with E-state index in [9.17, 15) is 19.2 Å². The number of anilines is 1. The zero-order valence-corrected chi connectivity index (χ0v) is 28.2. The van der Waals surface area contributed by atoms with Gasteiger partial charge in [-0.15, -0.1) is 0 Å². The van der Waals surface area contributed by atoms with Gasteiger partial charge >= 0.3 is 0 Å². The number of nitrogens with zero attached hydrogens (tertiary/aromatic N) is 4. The van der Waals surface area contributed by atoms with Crippen molar-refractivity contribution >= 4 is 29.3 Å². The fourth-order valence-corrected chi connectivity index (χ4v) is 6.34. The van der Waals surface area contributed by atoms with Gasteiger partial charge in [-0.3, -0.25) is 29.1 Å². The molecule has 3 rings (SSSR count). The molecule has 2 aliphatic rings. The van der Waals surface area contributed by atoms with Crippen molar-refractivity contribution in [2.45, 2.75) is 118 Å². The van der Waals surface area contributed by atoms with Crippen LogP contribution in [0.15, 0.2) is 36.2 Å². The van der Waals surface area contributed by atoms with Gasteiger partial charge in [0.15, 0.2) is 0 Å². The van der Waals surface area contributed by atoms with Gasteiger partial charge in [-0.25, -0.2) is 0 Å². The van der Waals surface area contributed by atoms with E-state index in [4.69, 9.17) is 0 Å². The van der Waals surface area contributed by atoms with E-state index in [0.717, 1.165) is 32.2 Å². The Balaban J connectivity index is 1.77. The van der Waals surface area contributed by atoms with Crippen LogP contribution in [0.4, 0.5) is 5.69 Å². The van der Waals surface area contributed by atoms with E-state index in [2.05, 4.69) is 34.4 Å². The largest absolute Gasteiger partial charge is 0.342 e. The fraction of sp³-hybridized carbons (Fsp3) is 0.676. The highest BCUT2D eigenvalue weighted by Crippen LogP contribution is 2.27. The number of pyridine rings is 1. The van der Waals surface area contributed by atoms with Gasteiger partial charge in [-0.2, -0.15) is 0 Å². The summed E-state index contributed by atoms with van der Waals surface area (Å²) in [5.41, 5.74) is 0.592. The maximum atomic E-state index is 14.1. The van der Waals surface area contributed by atoms with Gasteiger partial charge in [0.25, 0.3) is 0 Å². The molecule has 0 saturated carbocycles. The Morgan fingerprint density at radius 1 is 0.955 bits per heavy atom. The number of carbonyl (C=O) groups excluding carboxylic acids is 4. The van der Waals surface area contributed by atoms with Gasteiger partial charge in [-0.05, 0) is 76.5 Å². The van der Waals surface area contributed by atoms with Gasteiger partial charge in [0.2, 0.25) is 23.6 Å². The molecule has 2 fully saturated rings. The highest BCUT2D eigenvalue weighted by atomic mass is 16.2. The molecule has 0 unspecified atom stereocenters. The minimum atomic E-state index is -0.735. The number of aromatic nitrogens is 1. The van der Waals surface area contributed by atoms with Crippen LogP contribution in [0.5, 0.6) is 0 Å². The topological polar surface area (TPSA) is 115 Å². The Hall–Kier alpha value is -3.27. The number of hydrogen-bond donors (Lipinski definition) is 2. The number of likely N-dealkylation sites (N-methyl/N-ethyl adjacent to an activating group) is 1. The van der Waals surface area contributed by atoms with Crippen molar-refractivity contribution in [1.29, 1.82) is 0 Å². The molecule has 0 radical (unpaired) electrons. The van der Waals surface area contributed by atoms with Crippen molar-refractivity contribution in [3.8, 4) is 0 Å². The van der Waals surface area contributed by atoms with Crippen molar-refractivity contribution < 1.29 is 19.2 Å². The van der Waals surface area contributed by atoms with Crippen molar-refractivity contribution in [3.05, 3.63) is 36.2 Å². The monoisotopic (exact) mass is 610 g/mol. The number of rotatable bonds is 10. The van der Waals surface area contributed by atoms with E-state index in [1.165, 1.54) is 0 Å². The number of piperidine rings is 1. The Labute approximate surface area is 264 Å². The zero-order valence-electron chi connectivity index (χ0n) is 28.2. The second-order valence-electron chi connectivity index (χ2n) is 14.1. The normalized spacial score (nSPS) is 21.2. The zero-order chi connectivity index (χ0) is 32.8. The predicted octanol–water partition coefficient (Wildman–Crippen LogP) is 4.23. The first-order chi connectivity index (χ1) is 20.6. The first-order valence-corrected chi connectivity index (χ1v) is 16.2. The Morgan fingerprint density at radius 2 is 1.59 bits per heavy atom. The molecular weight excluding hydrogens is 556 g/mol. The maximum Gasteiger partial charge on any atom is 0.249 e. The molecule has 0 bridgehead atoms. The Bertz CT molecular complexity index is 1190. The van der Waals surface area contributed by atoms with Crippen LogP contribution in [0.2, 0.25) is 0 Å². The SMILES string of the molecule is CC(=C[C@H](C(C)C)N(C)C(=O)[C@@H](NC(=O)[C@H]1CCCCN1C(C)C)C(C)(C)C)C(=O)N1CCC[C@H]1C(=O)Nc1ccncc1. The van der Waals surface area contributed by atoms with Crippen LogP contribution >= 0.6 is 0 Å². The third-order valence-electron chi connectivity index (χ3n) is 8.91. The summed E-state index contributed by atoms with van der Waals surface area (Å²) in [5, 5.41) is 6.02. The molecule has 0 aromatic carbocycles. The third kappa shape index (κ3) is 8.67. The Morgan fingerprint density at radius 3 is 2.18 bits per heavy atom. The lowest BCUT2D eigenvalue weighted by molar-refractivity contribution is -0.142. The summed E-state index contributed by atoms with van der Waals surface area (Å²) in [6, 6.07) is 1.73. The Kier molecular flexibility index (Phi) is 12.1. The second-order valence-corrected chi connectivity index (χ2v) is 14.1. The van der Waals surface area contributed by atoms with Crippen LogP contribution in [-0.2, 0) is 19.2 Å². The molecule has 2 saturated heterocycles. The number of nitrogens with one attached hydrogen (secondary N) is 2. The van der Waals surface area contributed by atoms with Gasteiger partial charge in [0.1, 0.15) is 12.1 Å². The predicted molar refractivity (Wildman–Crippen MR) is 174 cm³/mol. The molecule has 0 spiro atoms. The van der Waals surface area contributed by atoms with E-state index in [-0.39, 0.29) is 47.7 Å². The number of hydrogen-bond acceptors (Lipinski definition) is 6. The average Bonchev–Trinajstić information content (AvgIpc) is 3.47. The van der Waals surface area contributed by atoms with Crippen LogP contribution < -0.4 is 10.6 Å². The summed E-state index contributed by atoms with van der Waals surface area (Å²) >= 11 is 0. The molecule has 4 amide bonds. The molecule has 4 atom stereocenters. The average molecular weight is 611 g/mol. The smallest absolute Gasteiger partial charge is 0.249 e. The summed E-state index contributed by atoms with van der Waals surface area (Å²) in [5.74, 6) is -0.727. The molecule has 1 aromatic heterocycles. The molecule has 0 aliphatic carbocycles. The first-order valence-electron chi connectivity index (χ1n) is 16.2. The number of amides is 4. The quantitative estimate of drug-likeness (QED) is 0.383. The maximum absolute atomic E-state index is 14.1. The molecule has 2 N–H and O–H groups in total. The van der Waals surface area contributed by atoms with E-state index >= 15 is 0 Å². The highest BCUT2D eigenvalue weighted by Gasteiger charge is 2.40. The fourth-order valence-electron chi connectivity index (χ4n) is 6.34. The molecule has 10 nitrogen and oxygen atoms in total. The lowest BCUT2D eigenvalue weighted by atomic mass is 9.84. The van der Waals surface area contributed by atoms with Crippen molar-refractivity contribution in [3.63, 3.8) is 0 Å². The molecule has 1 aromatic rings. The van der Waals surface area contributed by atoms with E-state index in [1.54, 1.807) is 48.3 Å². The number of likely N-dealkylation sites (tertiary alicyclic amines) is 2. The van der Waals surface area contributed by atoms with Crippen molar-refractivity contribution in [2.24, 2.45) is 11.3 Å². The molecule has 10 heteroatoms. The molecule has 244 valence electrons. The van der Waals surface area contributed by atoms with Crippen LogP contribution in [-0.4, -0.2) is 93.7 Å². The van der Waals surface area contributed by atoms with Crippen LogP contribution in [0.25, 0.3) is 0 Å². The van der Waals surface area contributed by atoms with Gasteiger partial charge in [-0.1, -0.05) is 47.1 Å². The third-order valence-corrected chi connectivity index (χ3v) is 8.91. The first kappa shape index (κ1) is 35.2. The van der Waals surface area contributed by atoms with Gasteiger partial charge in [0, 0.05) is 43.3 Å². The lowest BCUT2D eigenvalue weighted by Crippen LogP contribution is -2.60. The van der Waals surface area contributed by atoms with Gasteiger partial charge in [0.05, 0.1) is 12.1 Å². The summed E-state index contributed by atoms with van der Waals surface area (Å²) < 4.78 is 0. The molecule has 2 aliphatic heterocycles. The molecular formula is C34H54N6O4. The standard InChI is InChI=1S/C34H54N6O4/c1-22(2)28(21-24(5)32(43)40-20-12-14-27(40)30(41)36-25-15-17-35-18-16-25)38(9)33(44)29(34(6,7)8)37-31(42)26-13-10-11-19-39(26)23(3)4/h15-18,21-23,26-29H,10-14,19-20H2,1-9H3,(H,37,42)(H,35,36,41)/t26-,27+,28-,29-/m1/s1.